The van der Waals surface area contributed by atoms with Gasteiger partial charge in [-0.1, -0.05) is 6.08 Å². The Morgan fingerprint density at radius 3 is 2.52 bits per heavy atom. The highest BCUT2D eigenvalue weighted by Crippen LogP contribution is 2.42. The fraction of sp³-hybridized carbons (Fsp3) is 0.842. The second kappa shape index (κ2) is 8.16. The van der Waals surface area contributed by atoms with E-state index in [0.29, 0.717) is 6.42 Å². The van der Waals surface area contributed by atoms with Gasteiger partial charge >= 0.3 is 5.97 Å². The van der Waals surface area contributed by atoms with Crippen LogP contribution in [0.5, 0.6) is 0 Å². The van der Waals surface area contributed by atoms with Crippen LogP contribution in [0.2, 0.25) is 0 Å². The molecule has 0 unspecified atom stereocenters. The lowest BCUT2D eigenvalue weighted by Crippen LogP contribution is -2.53. The summed E-state index contributed by atoms with van der Waals surface area (Å²) in [6.45, 7) is 7.29. The number of ether oxygens (including phenoxy) is 3. The lowest BCUT2D eigenvalue weighted by atomic mass is 9.76. The fourth-order valence-electron chi connectivity index (χ4n) is 3.16. The predicted octanol–water partition coefficient (Wildman–Crippen LogP) is 2.46. The van der Waals surface area contributed by atoms with Gasteiger partial charge in [-0.15, -0.1) is 0 Å². The molecule has 0 spiro atoms. The molecule has 4 atom stereocenters. The van der Waals surface area contributed by atoms with Gasteiger partial charge in [-0.3, -0.25) is 0 Å². The summed E-state index contributed by atoms with van der Waals surface area (Å²) in [5, 5.41) is 19.9. The molecule has 0 amide bonds. The van der Waals surface area contributed by atoms with Crippen molar-refractivity contribution in [2.75, 3.05) is 0 Å². The molecule has 1 aliphatic carbocycles. The average molecular weight is 356 g/mol. The predicted molar refractivity (Wildman–Crippen MR) is 92.9 cm³/mol. The van der Waals surface area contributed by atoms with Gasteiger partial charge in [0, 0.05) is 12.5 Å². The van der Waals surface area contributed by atoms with Crippen LogP contribution in [-0.4, -0.2) is 52.0 Å². The Morgan fingerprint density at radius 1 is 1.28 bits per heavy atom. The number of aliphatic hydroxyl groups is 2. The van der Waals surface area contributed by atoms with E-state index in [4.69, 9.17) is 14.2 Å². The van der Waals surface area contributed by atoms with Crippen molar-refractivity contribution >= 4 is 5.97 Å². The molecule has 6 nitrogen and oxygen atoms in total. The number of esters is 1. The quantitative estimate of drug-likeness (QED) is 0.562. The molecular formula is C19H32O6. The summed E-state index contributed by atoms with van der Waals surface area (Å²) in [4.78, 5) is 11.7. The molecule has 2 fully saturated rings. The van der Waals surface area contributed by atoms with E-state index >= 15 is 0 Å². The summed E-state index contributed by atoms with van der Waals surface area (Å²) in [7, 11) is 0. The normalized spacial score (nSPS) is 32.4. The SMILES string of the molecule is C[C@@H]1O[C@@H](OC2(CC/C=C/C(=O)OC(C)(C)C)CCC2)[C@H](O)C[C@H]1O. The molecule has 0 aromatic carbocycles. The van der Waals surface area contributed by atoms with E-state index in [2.05, 4.69) is 0 Å². The standard InChI is InChI=1S/C19H32O6/c1-13-14(20)12-15(21)17(23-13)25-19(10-7-11-19)9-6-5-8-16(22)24-18(2,3)4/h5,8,13-15,17,20-21H,6-7,9-12H2,1-4H3/b8-5+/t13-,14+,15+,17-/m0/s1. The zero-order chi connectivity index (χ0) is 18.7. The highest BCUT2D eigenvalue weighted by molar-refractivity contribution is 5.82. The second-order valence-corrected chi connectivity index (χ2v) is 8.21. The Kier molecular flexibility index (Phi) is 6.65. The van der Waals surface area contributed by atoms with Crippen LogP contribution in [0.4, 0.5) is 0 Å². The Balaban J connectivity index is 1.82. The number of aliphatic hydroxyl groups excluding tert-OH is 2. The number of allylic oxidation sites excluding steroid dienone is 1. The molecule has 2 N–H and O–H groups in total. The van der Waals surface area contributed by atoms with Crippen LogP contribution in [0.3, 0.4) is 0 Å². The van der Waals surface area contributed by atoms with Crippen LogP contribution >= 0.6 is 0 Å². The Labute approximate surface area is 150 Å². The first-order valence-electron chi connectivity index (χ1n) is 9.19. The topological polar surface area (TPSA) is 85.2 Å². The lowest BCUT2D eigenvalue weighted by molar-refractivity contribution is -0.309. The van der Waals surface area contributed by atoms with Crippen LogP contribution < -0.4 is 0 Å². The molecule has 0 aromatic rings. The van der Waals surface area contributed by atoms with Crippen LogP contribution in [0, 0.1) is 0 Å². The zero-order valence-electron chi connectivity index (χ0n) is 15.7. The van der Waals surface area contributed by atoms with Crippen LogP contribution in [-0.2, 0) is 19.0 Å². The van der Waals surface area contributed by atoms with Crippen molar-refractivity contribution < 1.29 is 29.2 Å². The van der Waals surface area contributed by atoms with Gasteiger partial charge in [-0.25, -0.2) is 4.79 Å². The molecule has 0 radical (unpaired) electrons. The highest BCUT2D eigenvalue weighted by atomic mass is 16.7. The minimum Gasteiger partial charge on any atom is -0.457 e. The largest absolute Gasteiger partial charge is 0.457 e. The van der Waals surface area contributed by atoms with Crippen LogP contribution in [0.1, 0.15) is 66.2 Å². The lowest BCUT2D eigenvalue weighted by Gasteiger charge is -2.47. The van der Waals surface area contributed by atoms with E-state index < -0.39 is 24.1 Å². The minimum absolute atomic E-state index is 0.264. The Bertz CT molecular complexity index is 477. The number of carbonyl (C=O) groups is 1. The van der Waals surface area contributed by atoms with E-state index in [1.807, 2.05) is 26.8 Å². The summed E-state index contributed by atoms with van der Waals surface area (Å²) in [6, 6.07) is 0. The minimum atomic E-state index is -0.819. The van der Waals surface area contributed by atoms with Gasteiger partial charge in [-0.05, 0) is 59.8 Å². The number of hydrogen-bond donors (Lipinski definition) is 2. The van der Waals surface area contributed by atoms with Crippen molar-refractivity contribution in [2.24, 2.45) is 0 Å². The van der Waals surface area contributed by atoms with Crippen LogP contribution in [0.15, 0.2) is 12.2 Å². The first-order chi connectivity index (χ1) is 11.6. The van der Waals surface area contributed by atoms with E-state index in [0.717, 1.165) is 25.7 Å². The maximum Gasteiger partial charge on any atom is 0.330 e. The van der Waals surface area contributed by atoms with Crippen molar-refractivity contribution in [3.63, 3.8) is 0 Å². The number of rotatable bonds is 6. The van der Waals surface area contributed by atoms with Crippen molar-refractivity contribution in [2.45, 2.75) is 102 Å². The first kappa shape index (κ1) is 20.4. The van der Waals surface area contributed by atoms with Gasteiger partial charge in [0.25, 0.3) is 0 Å². The van der Waals surface area contributed by atoms with Crippen molar-refractivity contribution in [3.8, 4) is 0 Å². The summed E-state index contributed by atoms with van der Waals surface area (Å²) in [6.07, 6.45) is 5.36. The molecule has 2 rings (SSSR count). The Morgan fingerprint density at radius 2 is 1.96 bits per heavy atom. The molecule has 25 heavy (non-hydrogen) atoms. The maximum atomic E-state index is 11.7. The van der Waals surface area contributed by atoms with Gasteiger partial charge in [-0.2, -0.15) is 0 Å². The summed E-state index contributed by atoms with van der Waals surface area (Å²) in [5.74, 6) is -0.343. The highest BCUT2D eigenvalue weighted by Gasteiger charge is 2.44. The average Bonchev–Trinajstić information content (AvgIpc) is 2.44. The van der Waals surface area contributed by atoms with E-state index in [9.17, 15) is 15.0 Å². The molecule has 0 aromatic heterocycles. The summed E-state index contributed by atoms with van der Waals surface area (Å²) >= 11 is 0. The molecule has 1 aliphatic heterocycles. The Hall–Kier alpha value is -0.950. The smallest absolute Gasteiger partial charge is 0.330 e. The van der Waals surface area contributed by atoms with E-state index in [-0.39, 0.29) is 24.1 Å². The molecular weight excluding hydrogens is 324 g/mol. The first-order valence-corrected chi connectivity index (χ1v) is 9.19. The molecule has 1 saturated heterocycles. The van der Waals surface area contributed by atoms with Gasteiger partial charge in [0.15, 0.2) is 6.29 Å². The third-order valence-electron chi connectivity index (χ3n) is 4.75. The third-order valence-corrected chi connectivity index (χ3v) is 4.75. The molecule has 1 heterocycles. The van der Waals surface area contributed by atoms with Crippen LogP contribution in [0.25, 0.3) is 0 Å². The number of hydrogen-bond acceptors (Lipinski definition) is 6. The molecule has 0 bridgehead atoms. The van der Waals surface area contributed by atoms with Gasteiger partial charge < -0.3 is 24.4 Å². The van der Waals surface area contributed by atoms with Gasteiger partial charge in [0.05, 0.1) is 17.8 Å². The van der Waals surface area contributed by atoms with Crippen molar-refractivity contribution in [1.82, 2.24) is 0 Å². The monoisotopic (exact) mass is 356 g/mol. The molecule has 144 valence electrons. The van der Waals surface area contributed by atoms with Crippen molar-refractivity contribution in [3.05, 3.63) is 12.2 Å². The van der Waals surface area contributed by atoms with E-state index in [1.165, 1.54) is 6.08 Å². The molecule has 6 heteroatoms. The third kappa shape index (κ3) is 6.06. The second-order valence-electron chi connectivity index (χ2n) is 8.21. The van der Waals surface area contributed by atoms with Gasteiger partial charge in [0.1, 0.15) is 11.7 Å². The zero-order valence-corrected chi connectivity index (χ0v) is 15.7. The summed E-state index contributed by atoms with van der Waals surface area (Å²) in [5.41, 5.74) is -0.804. The summed E-state index contributed by atoms with van der Waals surface area (Å²) < 4.78 is 17.0. The molecule has 1 saturated carbocycles. The number of carbonyl (C=O) groups excluding carboxylic acids is 1. The van der Waals surface area contributed by atoms with Gasteiger partial charge in [0.2, 0.25) is 0 Å². The van der Waals surface area contributed by atoms with E-state index in [1.54, 1.807) is 6.92 Å². The van der Waals surface area contributed by atoms with Crippen molar-refractivity contribution in [1.29, 1.82) is 0 Å². The maximum absolute atomic E-state index is 11.7. The molecule has 2 aliphatic rings. The fourth-order valence-corrected chi connectivity index (χ4v) is 3.16.